The van der Waals surface area contributed by atoms with Crippen molar-refractivity contribution < 1.29 is 37.8 Å². The third-order valence-electron chi connectivity index (χ3n) is 8.78. The van der Waals surface area contributed by atoms with Gasteiger partial charge in [0.25, 0.3) is 0 Å². The van der Waals surface area contributed by atoms with E-state index in [1.807, 2.05) is 72.8 Å². The van der Waals surface area contributed by atoms with Gasteiger partial charge >= 0.3 is 11.9 Å². The molecule has 8 nitrogen and oxygen atoms in total. The van der Waals surface area contributed by atoms with Gasteiger partial charge in [-0.2, -0.15) is 0 Å². The van der Waals surface area contributed by atoms with Crippen LogP contribution >= 0.6 is 0 Å². The van der Waals surface area contributed by atoms with Crippen LogP contribution in [-0.4, -0.2) is 44.8 Å². The molecule has 0 aliphatic heterocycles. The molecular formula is C39H38O8. The predicted molar refractivity (Wildman–Crippen MR) is 177 cm³/mol. The average Bonchev–Trinajstić information content (AvgIpc) is 3.47. The summed E-state index contributed by atoms with van der Waals surface area (Å²) < 4.78 is 23.4. The summed E-state index contributed by atoms with van der Waals surface area (Å²) in [6, 6.07) is 26.4. The topological polar surface area (TPSA) is 109 Å². The van der Waals surface area contributed by atoms with Crippen LogP contribution in [0.1, 0.15) is 77.6 Å². The minimum Gasteiger partial charge on any atom is -0.468 e. The van der Waals surface area contributed by atoms with E-state index in [1.54, 1.807) is 19.2 Å². The van der Waals surface area contributed by atoms with E-state index in [2.05, 4.69) is 0 Å². The van der Waals surface area contributed by atoms with Crippen molar-refractivity contribution in [2.75, 3.05) is 21.3 Å². The third-order valence-corrected chi connectivity index (χ3v) is 8.78. The molecule has 3 aromatic carbocycles. The van der Waals surface area contributed by atoms with Gasteiger partial charge < -0.3 is 23.4 Å². The number of carbonyl (C=O) groups excluding carboxylic acids is 4. The summed E-state index contributed by atoms with van der Waals surface area (Å²) in [5.41, 5.74) is 3.99. The number of esters is 2. The Bertz CT molecular complexity index is 1800. The van der Waals surface area contributed by atoms with Gasteiger partial charge in [-0.3, -0.25) is 14.4 Å². The molecule has 0 saturated carbocycles. The SMILES string of the molecule is COC(=O)C1(C(=O)OC)C/C(=C(/CCC(C)=O)c2ccc(C(C)=O)cc2)c2c(oc(-c3ccccc3)c2C(OC)c2ccccc2)C1. The zero-order valence-corrected chi connectivity index (χ0v) is 27.3. The number of allylic oxidation sites excluding steroid dienone is 2. The van der Waals surface area contributed by atoms with E-state index < -0.39 is 23.5 Å². The van der Waals surface area contributed by atoms with E-state index in [-0.39, 0.29) is 30.8 Å². The van der Waals surface area contributed by atoms with Crippen molar-refractivity contribution in [1.82, 2.24) is 0 Å². The monoisotopic (exact) mass is 634 g/mol. The summed E-state index contributed by atoms with van der Waals surface area (Å²) in [7, 11) is 4.10. The van der Waals surface area contributed by atoms with Crippen LogP contribution in [-0.2, 0) is 35.0 Å². The highest BCUT2D eigenvalue weighted by Crippen LogP contribution is 2.53. The molecule has 0 amide bonds. The molecule has 8 heteroatoms. The number of methoxy groups -OCH3 is 3. The minimum atomic E-state index is -1.76. The lowest BCUT2D eigenvalue weighted by Crippen LogP contribution is -2.45. The fraction of sp³-hybridized carbons (Fsp3) is 0.282. The molecular weight excluding hydrogens is 596 g/mol. The van der Waals surface area contributed by atoms with Crippen LogP contribution in [0.4, 0.5) is 0 Å². The Kier molecular flexibility index (Phi) is 10.0. The first-order chi connectivity index (χ1) is 22.6. The Hall–Kier alpha value is -5.08. The van der Waals surface area contributed by atoms with E-state index >= 15 is 0 Å². The Morgan fingerprint density at radius 1 is 0.745 bits per heavy atom. The van der Waals surface area contributed by atoms with Gasteiger partial charge in [0.2, 0.25) is 0 Å². The number of ether oxygens (including phenoxy) is 3. The predicted octanol–water partition coefficient (Wildman–Crippen LogP) is 7.44. The van der Waals surface area contributed by atoms with Crippen LogP contribution in [0, 0.1) is 5.41 Å². The van der Waals surface area contributed by atoms with Gasteiger partial charge in [-0.15, -0.1) is 0 Å². The van der Waals surface area contributed by atoms with Crippen molar-refractivity contribution in [3.05, 3.63) is 119 Å². The number of furan rings is 1. The number of ketones is 2. The Balaban J connectivity index is 1.93. The van der Waals surface area contributed by atoms with Crippen LogP contribution in [0.3, 0.4) is 0 Å². The Labute approximate surface area is 274 Å². The number of benzene rings is 3. The zero-order valence-electron chi connectivity index (χ0n) is 27.3. The molecule has 0 saturated heterocycles. The van der Waals surface area contributed by atoms with E-state index in [9.17, 15) is 19.2 Å². The summed E-state index contributed by atoms with van der Waals surface area (Å²) in [6.45, 7) is 3.02. The molecule has 4 aromatic rings. The molecule has 1 aliphatic rings. The standard InChI is InChI=1S/C39H38O8/c1-24(40)16-21-30(27-19-17-26(18-20-27)25(2)41)31-22-39(37(42)45-4,38(43)46-5)23-32-33(31)34(35(44-3)28-12-8-6-9-13-28)36(47-32)29-14-10-7-11-15-29/h6-15,17-20,35H,16,21-23H2,1-5H3/b31-30+. The number of carbonyl (C=O) groups is 4. The molecule has 0 spiro atoms. The highest BCUT2D eigenvalue weighted by molar-refractivity contribution is 6.07. The van der Waals surface area contributed by atoms with Crippen LogP contribution in [0.25, 0.3) is 22.5 Å². The quantitative estimate of drug-likeness (QED) is 0.0951. The zero-order chi connectivity index (χ0) is 33.7. The smallest absolute Gasteiger partial charge is 0.324 e. The van der Waals surface area contributed by atoms with Gasteiger partial charge in [-0.05, 0) is 42.5 Å². The van der Waals surface area contributed by atoms with Crippen molar-refractivity contribution in [3.8, 4) is 11.3 Å². The fourth-order valence-corrected chi connectivity index (χ4v) is 6.47. The molecule has 5 rings (SSSR count). The second-order valence-corrected chi connectivity index (χ2v) is 11.7. The summed E-state index contributed by atoms with van der Waals surface area (Å²) in [4.78, 5) is 51.9. The first kappa shape index (κ1) is 33.3. The summed E-state index contributed by atoms with van der Waals surface area (Å²) in [5.74, 6) is -0.683. The van der Waals surface area contributed by atoms with Gasteiger partial charge in [0.15, 0.2) is 11.2 Å². The van der Waals surface area contributed by atoms with E-state index in [0.717, 1.165) is 27.8 Å². The lowest BCUT2D eigenvalue weighted by Gasteiger charge is -2.34. The van der Waals surface area contributed by atoms with Crippen LogP contribution < -0.4 is 0 Å². The molecule has 1 heterocycles. The third kappa shape index (κ3) is 6.46. The maximum atomic E-state index is 13.7. The average molecular weight is 635 g/mol. The maximum absolute atomic E-state index is 13.7. The van der Waals surface area contributed by atoms with Crippen LogP contribution in [0.2, 0.25) is 0 Å². The maximum Gasteiger partial charge on any atom is 0.324 e. The molecule has 1 aromatic heterocycles. The van der Waals surface area contributed by atoms with Crippen molar-refractivity contribution >= 4 is 34.7 Å². The first-order valence-electron chi connectivity index (χ1n) is 15.4. The molecule has 0 fully saturated rings. The van der Waals surface area contributed by atoms with Crippen molar-refractivity contribution in [3.63, 3.8) is 0 Å². The number of hydrogen-bond donors (Lipinski definition) is 0. The minimum absolute atomic E-state index is 0.0249. The number of Topliss-reactive ketones (excluding diaryl/α,β-unsaturated/α-hetero) is 2. The van der Waals surface area contributed by atoms with Gasteiger partial charge in [0.1, 0.15) is 23.4 Å². The van der Waals surface area contributed by atoms with Gasteiger partial charge in [-0.25, -0.2) is 0 Å². The van der Waals surface area contributed by atoms with E-state index in [0.29, 0.717) is 34.6 Å². The number of fused-ring (bicyclic) bond motifs is 1. The van der Waals surface area contributed by atoms with Gasteiger partial charge in [0, 0.05) is 48.6 Å². The molecule has 0 radical (unpaired) electrons. The highest BCUT2D eigenvalue weighted by Gasteiger charge is 2.54. The lowest BCUT2D eigenvalue weighted by atomic mass is 9.68. The molecule has 1 unspecified atom stereocenters. The summed E-state index contributed by atoms with van der Waals surface area (Å²) in [5, 5.41) is 0. The van der Waals surface area contributed by atoms with Gasteiger partial charge in [-0.1, -0.05) is 84.9 Å². The molecule has 1 aliphatic carbocycles. The number of hydrogen-bond acceptors (Lipinski definition) is 8. The molecule has 242 valence electrons. The second-order valence-electron chi connectivity index (χ2n) is 11.7. The lowest BCUT2D eigenvalue weighted by molar-refractivity contribution is -0.169. The molecule has 0 bridgehead atoms. The second kappa shape index (κ2) is 14.1. The van der Waals surface area contributed by atoms with E-state index in [1.165, 1.54) is 28.1 Å². The number of rotatable bonds is 11. The Morgan fingerprint density at radius 2 is 1.32 bits per heavy atom. The normalized spacial score (nSPS) is 15.3. The first-order valence-corrected chi connectivity index (χ1v) is 15.4. The van der Waals surface area contributed by atoms with Gasteiger partial charge in [0.05, 0.1) is 14.2 Å². The van der Waals surface area contributed by atoms with Crippen molar-refractivity contribution in [1.29, 1.82) is 0 Å². The Morgan fingerprint density at radius 3 is 1.85 bits per heavy atom. The highest BCUT2D eigenvalue weighted by atomic mass is 16.5. The molecule has 1 atom stereocenters. The molecule has 0 N–H and O–H groups in total. The van der Waals surface area contributed by atoms with E-state index in [4.69, 9.17) is 18.6 Å². The van der Waals surface area contributed by atoms with Crippen molar-refractivity contribution in [2.24, 2.45) is 5.41 Å². The van der Waals surface area contributed by atoms with Crippen molar-refractivity contribution in [2.45, 2.75) is 45.6 Å². The fourth-order valence-electron chi connectivity index (χ4n) is 6.47. The van der Waals surface area contributed by atoms with Crippen LogP contribution in [0.5, 0.6) is 0 Å². The summed E-state index contributed by atoms with van der Waals surface area (Å²) >= 11 is 0. The largest absolute Gasteiger partial charge is 0.468 e. The summed E-state index contributed by atoms with van der Waals surface area (Å²) in [6.07, 6.45) is -0.272. The molecule has 47 heavy (non-hydrogen) atoms. The van der Waals surface area contributed by atoms with Crippen LogP contribution in [0.15, 0.2) is 89.3 Å².